The monoisotopic (exact) mass is 273 g/mol. The molecule has 0 bridgehead atoms. The van der Waals surface area contributed by atoms with Gasteiger partial charge in [-0.25, -0.2) is 4.98 Å². The smallest absolute Gasteiger partial charge is 0.260 e. The second-order valence-electron chi connectivity index (χ2n) is 4.69. The Kier molecular flexibility index (Phi) is 3.98. The highest BCUT2D eigenvalue weighted by atomic mass is 19.1. The van der Waals surface area contributed by atoms with Crippen molar-refractivity contribution in [2.45, 2.75) is 6.92 Å². The highest BCUT2D eigenvalue weighted by Crippen LogP contribution is 2.22. The molecule has 0 unspecified atom stereocenters. The fourth-order valence-corrected chi connectivity index (χ4v) is 1.81. The molecule has 0 aliphatic rings. The average Bonchev–Trinajstić information content (AvgIpc) is 2.41. The molecule has 0 fully saturated rings. The van der Waals surface area contributed by atoms with Crippen molar-refractivity contribution in [3.05, 3.63) is 53.6 Å². The third-order valence-corrected chi connectivity index (χ3v) is 2.98. The van der Waals surface area contributed by atoms with Crippen molar-refractivity contribution in [2.75, 3.05) is 24.3 Å². The highest BCUT2D eigenvalue weighted by Gasteiger charge is 2.13. The van der Waals surface area contributed by atoms with Gasteiger partial charge in [-0.15, -0.1) is 0 Å². The Balaban J connectivity index is 2.22. The van der Waals surface area contributed by atoms with Crippen LogP contribution < -0.4 is 10.2 Å². The molecule has 104 valence electrons. The quantitative estimate of drug-likeness (QED) is 0.875. The molecule has 2 aromatic rings. The Morgan fingerprint density at radius 2 is 2.05 bits per heavy atom. The number of benzene rings is 1. The molecule has 20 heavy (non-hydrogen) atoms. The summed E-state index contributed by atoms with van der Waals surface area (Å²) in [6.45, 7) is 1.89. The fourth-order valence-electron chi connectivity index (χ4n) is 1.81. The van der Waals surface area contributed by atoms with E-state index in [1.54, 1.807) is 6.07 Å². The summed E-state index contributed by atoms with van der Waals surface area (Å²) < 4.78 is 13.4. The van der Waals surface area contributed by atoms with Crippen LogP contribution in [0.5, 0.6) is 0 Å². The van der Waals surface area contributed by atoms with Gasteiger partial charge in [0.15, 0.2) is 0 Å². The van der Waals surface area contributed by atoms with Crippen molar-refractivity contribution in [1.82, 2.24) is 4.98 Å². The van der Waals surface area contributed by atoms with Crippen molar-refractivity contribution in [1.29, 1.82) is 0 Å². The maximum Gasteiger partial charge on any atom is 0.260 e. The first-order valence-corrected chi connectivity index (χ1v) is 6.19. The Morgan fingerprint density at radius 1 is 1.30 bits per heavy atom. The molecule has 5 heteroatoms. The molecular formula is C15H16FN3O. The van der Waals surface area contributed by atoms with Gasteiger partial charge < -0.3 is 10.2 Å². The zero-order chi connectivity index (χ0) is 14.7. The number of aryl methyl sites for hydroxylation is 1. The van der Waals surface area contributed by atoms with Crippen molar-refractivity contribution in [2.24, 2.45) is 0 Å². The number of amides is 1. The summed E-state index contributed by atoms with van der Waals surface area (Å²) in [4.78, 5) is 17.4. The molecule has 1 heterocycles. The van der Waals surface area contributed by atoms with Gasteiger partial charge in [0.1, 0.15) is 0 Å². The standard InChI is InChI=1S/C15H16FN3O/c1-10-9-11(19(2)3)6-7-13(10)18-15(20)12-5-4-8-17-14(12)16/h4-9H,1-3H3,(H,18,20). The molecule has 0 saturated heterocycles. The number of pyridine rings is 1. The van der Waals surface area contributed by atoms with E-state index in [4.69, 9.17) is 0 Å². The van der Waals surface area contributed by atoms with Gasteiger partial charge in [-0.1, -0.05) is 0 Å². The molecule has 0 atom stereocenters. The summed E-state index contributed by atoms with van der Waals surface area (Å²) >= 11 is 0. The number of aromatic nitrogens is 1. The van der Waals surface area contributed by atoms with Crippen LogP contribution >= 0.6 is 0 Å². The lowest BCUT2D eigenvalue weighted by Crippen LogP contribution is -2.15. The molecule has 0 saturated carbocycles. The second-order valence-corrected chi connectivity index (χ2v) is 4.69. The number of nitrogens with one attached hydrogen (secondary N) is 1. The number of halogens is 1. The number of hydrogen-bond acceptors (Lipinski definition) is 3. The average molecular weight is 273 g/mol. The Hall–Kier alpha value is -2.43. The van der Waals surface area contributed by atoms with Crippen LogP contribution in [0.2, 0.25) is 0 Å². The summed E-state index contributed by atoms with van der Waals surface area (Å²) in [7, 11) is 3.89. The van der Waals surface area contributed by atoms with E-state index >= 15 is 0 Å². The molecule has 1 aromatic carbocycles. The second kappa shape index (κ2) is 5.69. The minimum Gasteiger partial charge on any atom is -0.378 e. The predicted molar refractivity (Wildman–Crippen MR) is 77.7 cm³/mol. The molecule has 2 rings (SSSR count). The largest absolute Gasteiger partial charge is 0.378 e. The van der Waals surface area contributed by atoms with Gasteiger partial charge in [-0.05, 0) is 42.8 Å². The van der Waals surface area contributed by atoms with Crippen molar-refractivity contribution in [3.63, 3.8) is 0 Å². The lowest BCUT2D eigenvalue weighted by molar-refractivity contribution is 0.102. The predicted octanol–water partition coefficient (Wildman–Crippen LogP) is 2.85. The zero-order valence-electron chi connectivity index (χ0n) is 11.6. The van der Waals surface area contributed by atoms with E-state index in [0.29, 0.717) is 5.69 Å². The summed E-state index contributed by atoms with van der Waals surface area (Å²) in [6, 6.07) is 8.58. The van der Waals surface area contributed by atoms with E-state index in [1.807, 2.05) is 38.1 Å². The lowest BCUT2D eigenvalue weighted by atomic mass is 10.1. The van der Waals surface area contributed by atoms with E-state index in [2.05, 4.69) is 10.3 Å². The molecular weight excluding hydrogens is 257 g/mol. The van der Waals surface area contributed by atoms with E-state index in [0.717, 1.165) is 11.3 Å². The molecule has 1 N–H and O–H groups in total. The number of rotatable bonds is 3. The van der Waals surface area contributed by atoms with E-state index in [9.17, 15) is 9.18 Å². The summed E-state index contributed by atoms with van der Waals surface area (Å²) in [5.41, 5.74) is 2.54. The van der Waals surface area contributed by atoms with Crippen LogP contribution in [0.15, 0.2) is 36.5 Å². The van der Waals surface area contributed by atoms with Crippen molar-refractivity contribution in [3.8, 4) is 0 Å². The zero-order valence-corrected chi connectivity index (χ0v) is 11.6. The Morgan fingerprint density at radius 3 is 2.65 bits per heavy atom. The Bertz CT molecular complexity index is 641. The van der Waals surface area contributed by atoms with Gasteiger partial charge >= 0.3 is 0 Å². The molecule has 0 aliphatic heterocycles. The number of anilines is 2. The van der Waals surface area contributed by atoms with Crippen molar-refractivity contribution >= 4 is 17.3 Å². The van der Waals surface area contributed by atoms with Gasteiger partial charge in [0.25, 0.3) is 5.91 Å². The first-order chi connectivity index (χ1) is 9.49. The number of carbonyl (C=O) groups is 1. The third kappa shape index (κ3) is 2.93. The SMILES string of the molecule is Cc1cc(N(C)C)ccc1NC(=O)c1cccnc1F. The van der Waals surface area contributed by atoms with Crippen LogP contribution in [0.25, 0.3) is 0 Å². The van der Waals surface area contributed by atoms with Gasteiger partial charge in [0.2, 0.25) is 5.95 Å². The van der Waals surface area contributed by atoms with Gasteiger partial charge in [-0.2, -0.15) is 4.39 Å². The molecule has 4 nitrogen and oxygen atoms in total. The number of hydrogen-bond donors (Lipinski definition) is 1. The maximum atomic E-state index is 13.4. The number of carbonyl (C=O) groups excluding carboxylic acids is 1. The molecule has 1 amide bonds. The van der Waals surface area contributed by atoms with Gasteiger partial charge in [0, 0.05) is 31.7 Å². The van der Waals surface area contributed by atoms with Crippen LogP contribution in [0.3, 0.4) is 0 Å². The Labute approximate surface area is 117 Å². The van der Waals surface area contributed by atoms with Crippen LogP contribution in [0, 0.1) is 12.9 Å². The molecule has 0 radical (unpaired) electrons. The van der Waals surface area contributed by atoms with Crippen LogP contribution in [-0.2, 0) is 0 Å². The van der Waals surface area contributed by atoms with Crippen molar-refractivity contribution < 1.29 is 9.18 Å². The maximum absolute atomic E-state index is 13.4. The van der Waals surface area contributed by atoms with Crippen LogP contribution in [-0.4, -0.2) is 25.0 Å². The first kappa shape index (κ1) is 14.0. The summed E-state index contributed by atoms with van der Waals surface area (Å²) in [6.07, 6.45) is 1.31. The van der Waals surface area contributed by atoms with Crippen LogP contribution in [0.1, 0.15) is 15.9 Å². The van der Waals surface area contributed by atoms with E-state index in [-0.39, 0.29) is 5.56 Å². The van der Waals surface area contributed by atoms with E-state index in [1.165, 1.54) is 18.3 Å². The van der Waals surface area contributed by atoms with E-state index < -0.39 is 11.9 Å². The topological polar surface area (TPSA) is 45.2 Å². The lowest BCUT2D eigenvalue weighted by Gasteiger charge is -2.15. The first-order valence-electron chi connectivity index (χ1n) is 6.19. The molecule has 0 aliphatic carbocycles. The molecule has 1 aromatic heterocycles. The number of nitrogens with zero attached hydrogens (tertiary/aromatic N) is 2. The summed E-state index contributed by atoms with van der Waals surface area (Å²) in [5, 5.41) is 2.70. The minimum absolute atomic E-state index is 0.0661. The normalized spacial score (nSPS) is 10.2. The highest BCUT2D eigenvalue weighted by molar-refractivity contribution is 6.04. The molecule has 0 spiro atoms. The minimum atomic E-state index is -0.771. The third-order valence-electron chi connectivity index (χ3n) is 2.98. The van der Waals surface area contributed by atoms with Gasteiger partial charge in [-0.3, -0.25) is 4.79 Å². The van der Waals surface area contributed by atoms with Crippen LogP contribution in [0.4, 0.5) is 15.8 Å². The fraction of sp³-hybridized carbons (Fsp3) is 0.200. The van der Waals surface area contributed by atoms with Gasteiger partial charge in [0.05, 0.1) is 5.56 Å². The summed E-state index contributed by atoms with van der Waals surface area (Å²) in [5.74, 6) is -1.27.